The van der Waals surface area contributed by atoms with Gasteiger partial charge in [-0.3, -0.25) is 9.69 Å². The van der Waals surface area contributed by atoms with Crippen LogP contribution in [0.25, 0.3) is 0 Å². The maximum atomic E-state index is 12.3. The molecule has 4 rings (SSSR count). The van der Waals surface area contributed by atoms with Gasteiger partial charge in [0.2, 0.25) is 5.91 Å². The number of para-hydroxylation sites is 1. The van der Waals surface area contributed by atoms with Crippen LogP contribution in [-0.2, 0) is 4.79 Å². The molecule has 3 aliphatic rings. The predicted molar refractivity (Wildman–Crippen MR) is 92.5 cm³/mol. The molecule has 4 heteroatoms. The lowest BCUT2D eigenvalue weighted by molar-refractivity contribution is -0.123. The zero-order valence-corrected chi connectivity index (χ0v) is 13.8. The number of nitrogens with one attached hydrogen (secondary N) is 1. The van der Waals surface area contributed by atoms with Crippen LogP contribution < -0.4 is 10.2 Å². The standard InChI is InChI=1S/C19H27N3O/c23-19(20-18-13-15-6-7-16(18)12-15)14-21-8-10-22(11-9-21)17-4-2-1-3-5-17/h1-5,15-16,18H,6-14H2,(H,20,23)/t15-,16-,18+/m1/s1. The van der Waals surface area contributed by atoms with Crippen LogP contribution in [0.5, 0.6) is 0 Å². The van der Waals surface area contributed by atoms with E-state index in [1.54, 1.807) is 0 Å². The number of piperazine rings is 1. The van der Waals surface area contributed by atoms with E-state index in [0.717, 1.165) is 38.0 Å². The highest BCUT2D eigenvalue weighted by atomic mass is 16.2. The number of amides is 1. The number of carbonyl (C=O) groups is 1. The predicted octanol–water partition coefficient (Wildman–Crippen LogP) is 2.11. The van der Waals surface area contributed by atoms with Crippen LogP contribution in [-0.4, -0.2) is 49.6 Å². The minimum atomic E-state index is 0.232. The van der Waals surface area contributed by atoms with Crippen LogP contribution >= 0.6 is 0 Å². The Hall–Kier alpha value is -1.55. The normalized spacial score (nSPS) is 30.6. The Morgan fingerprint density at radius 3 is 2.48 bits per heavy atom. The summed E-state index contributed by atoms with van der Waals surface area (Å²) in [5, 5.41) is 3.31. The molecular formula is C19H27N3O. The Balaban J connectivity index is 1.22. The minimum Gasteiger partial charge on any atom is -0.369 e. The highest BCUT2D eigenvalue weighted by Gasteiger charge is 2.40. The highest BCUT2D eigenvalue weighted by molar-refractivity contribution is 5.78. The zero-order valence-electron chi connectivity index (χ0n) is 13.8. The van der Waals surface area contributed by atoms with Gasteiger partial charge in [0.15, 0.2) is 0 Å². The van der Waals surface area contributed by atoms with Crippen LogP contribution in [0.3, 0.4) is 0 Å². The second-order valence-corrected chi connectivity index (χ2v) is 7.45. The van der Waals surface area contributed by atoms with Crippen molar-refractivity contribution in [2.75, 3.05) is 37.6 Å². The molecule has 1 aromatic rings. The average Bonchev–Trinajstić information content (AvgIpc) is 3.19. The summed E-state index contributed by atoms with van der Waals surface area (Å²) in [4.78, 5) is 17.0. The molecule has 1 aliphatic heterocycles. The summed E-state index contributed by atoms with van der Waals surface area (Å²) in [6, 6.07) is 11.0. The van der Waals surface area contributed by atoms with Crippen molar-refractivity contribution in [2.24, 2.45) is 11.8 Å². The first-order chi connectivity index (χ1) is 11.3. The molecule has 124 valence electrons. The Labute approximate surface area is 138 Å². The summed E-state index contributed by atoms with van der Waals surface area (Å²) in [5.41, 5.74) is 1.29. The number of hydrogen-bond donors (Lipinski definition) is 1. The van der Waals surface area contributed by atoms with E-state index in [1.165, 1.54) is 31.4 Å². The smallest absolute Gasteiger partial charge is 0.234 e. The Bertz CT molecular complexity index is 539. The van der Waals surface area contributed by atoms with Gasteiger partial charge in [0.05, 0.1) is 6.54 Å². The van der Waals surface area contributed by atoms with Gasteiger partial charge in [0.1, 0.15) is 0 Å². The fourth-order valence-corrected chi connectivity index (χ4v) is 4.68. The van der Waals surface area contributed by atoms with E-state index in [1.807, 2.05) is 0 Å². The third-order valence-corrected chi connectivity index (χ3v) is 5.95. The molecule has 2 aliphatic carbocycles. The zero-order chi connectivity index (χ0) is 15.6. The molecule has 1 heterocycles. The maximum absolute atomic E-state index is 12.3. The fraction of sp³-hybridized carbons (Fsp3) is 0.632. The fourth-order valence-electron chi connectivity index (χ4n) is 4.68. The van der Waals surface area contributed by atoms with Gasteiger partial charge in [0, 0.05) is 37.9 Å². The molecule has 2 bridgehead atoms. The third-order valence-electron chi connectivity index (χ3n) is 5.95. The van der Waals surface area contributed by atoms with Crippen LogP contribution in [0.4, 0.5) is 5.69 Å². The van der Waals surface area contributed by atoms with Crippen LogP contribution in [0, 0.1) is 11.8 Å². The summed E-state index contributed by atoms with van der Waals surface area (Å²) in [6.45, 7) is 4.52. The Kier molecular flexibility index (Phi) is 4.25. The first-order valence-electron chi connectivity index (χ1n) is 9.09. The molecule has 0 radical (unpaired) electrons. The Morgan fingerprint density at radius 2 is 1.83 bits per heavy atom. The topological polar surface area (TPSA) is 35.6 Å². The Morgan fingerprint density at radius 1 is 1.04 bits per heavy atom. The lowest BCUT2D eigenvalue weighted by atomic mass is 9.95. The van der Waals surface area contributed by atoms with E-state index in [4.69, 9.17) is 0 Å². The average molecular weight is 313 g/mol. The van der Waals surface area contributed by atoms with Crippen molar-refractivity contribution >= 4 is 11.6 Å². The van der Waals surface area contributed by atoms with E-state index in [9.17, 15) is 4.79 Å². The number of nitrogens with zero attached hydrogens (tertiary/aromatic N) is 2. The van der Waals surface area contributed by atoms with E-state index >= 15 is 0 Å². The summed E-state index contributed by atoms with van der Waals surface area (Å²) >= 11 is 0. The van der Waals surface area contributed by atoms with E-state index < -0.39 is 0 Å². The van der Waals surface area contributed by atoms with Crippen LogP contribution in [0.15, 0.2) is 30.3 Å². The van der Waals surface area contributed by atoms with Crippen molar-refractivity contribution in [3.63, 3.8) is 0 Å². The van der Waals surface area contributed by atoms with Gasteiger partial charge in [-0.25, -0.2) is 0 Å². The lowest BCUT2D eigenvalue weighted by Crippen LogP contribution is -2.51. The lowest BCUT2D eigenvalue weighted by Gasteiger charge is -2.36. The molecule has 0 spiro atoms. The van der Waals surface area contributed by atoms with Crippen molar-refractivity contribution in [3.8, 4) is 0 Å². The quantitative estimate of drug-likeness (QED) is 0.925. The first-order valence-corrected chi connectivity index (χ1v) is 9.09. The first kappa shape index (κ1) is 15.0. The van der Waals surface area contributed by atoms with Crippen molar-refractivity contribution in [3.05, 3.63) is 30.3 Å². The molecule has 1 N–H and O–H groups in total. The van der Waals surface area contributed by atoms with Crippen molar-refractivity contribution in [1.82, 2.24) is 10.2 Å². The molecule has 2 saturated carbocycles. The maximum Gasteiger partial charge on any atom is 0.234 e. The summed E-state index contributed by atoms with van der Waals surface area (Å²) in [6.07, 6.45) is 5.28. The molecule has 3 fully saturated rings. The molecule has 0 aromatic heterocycles. The molecule has 23 heavy (non-hydrogen) atoms. The number of fused-ring (bicyclic) bond motifs is 2. The molecule has 0 unspecified atom stereocenters. The molecule has 1 saturated heterocycles. The molecule has 1 aromatic carbocycles. The number of hydrogen-bond acceptors (Lipinski definition) is 3. The van der Waals surface area contributed by atoms with Crippen molar-refractivity contribution in [1.29, 1.82) is 0 Å². The van der Waals surface area contributed by atoms with Crippen molar-refractivity contribution in [2.45, 2.75) is 31.7 Å². The highest BCUT2D eigenvalue weighted by Crippen LogP contribution is 2.44. The minimum absolute atomic E-state index is 0.232. The monoisotopic (exact) mass is 313 g/mol. The number of anilines is 1. The van der Waals surface area contributed by atoms with E-state index in [2.05, 4.69) is 45.4 Å². The SMILES string of the molecule is O=C(CN1CCN(c2ccccc2)CC1)N[C@H]1C[C@@H]2CC[C@@H]1C2. The van der Waals surface area contributed by atoms with E-state index in [-0.39, 0.29) is 5.91 Å². The summed E-state index contributed by atoms with van der Waals surface area (Å²) in [5.74, 6) is 1.88. The van der Waals surface area contributed by atoms with Crippen LogP contribution in [0.1, 0.15) is 25.7 Å². The largest absolute Gasteiger partial charge is 0.369 e. The number of rotatable bonds is 4. The summed E-state index contributed by atoms with van der Waals surface area (Å²) < 4.78 is 0. The molecule has 1 amide bonds. The third kappa shape index (κ3) is 3.37. The van der Waals surface area contributed by atoms with Gasteiger partial charge in [0.25, 0.3) is 0 Å². The van der Waals surface area contributed by atoms with Gasteiger partial charge in [-0.2, -0.15) is 0 Å². The van der Waals surface area contributed by atoms with Gasteiger partial charge >= 0.3 is 0 Å². The molecular weight excluding hydrogens is 286 g/mol. The van der Waals surface area contributed by atoms with Gasteiger partial charge in [-0.05, 0) is 43.2 Å². The molecule has 4 nitrogen and oxygen atoms in total. The van der Waals surface area contributed by atoms with Crippen molar-refractivity contribution < 1.29 is 4.79 Å². The van der Waals surface area contributed by atoms with E-state index in [0.29, 0.717) is 12.6 Å². The second kappa shape index (κ2) is 6.52. The van der Waals surface area contributed by atoms with Gasteiger partial charge in [-0.1, -0.05) is 24.6 Å². The number of benzene rings is 1. The van der Waals surface area contributed by atoms with Crippen LogP contribution in [0.2, 0.25) is 0 Å². The number of carbonyl (C=O) groups excluding carboxylic acids is 1. The summed E-state index contributed by atoms with van der Waals surface area (Å²) in [7, 11) is 0. The van der Waals surface area contributed by atoms with Gasteiger partial charge in [-0.15, -0.1) is 0 Å². The molecule has 3 atom stereocenters. The second-order valence-electron chi connectivity index (χ2n) is 7.45. The van der Waals surface area contributed by atoms with Gasteiger partial charge < -0.3 is 10.2 Å².